The van der Waals surface area contributed by atoms with Gasteiger partial charge in [0.2, 0.25) is 10.0 Å². The molecule has 0 amide bonds. The summed E-state index contributed by atoms with van der Waals surface area (Å²) in [6.45, 7) is 12.3. The van der Waals surface area contributed by atoms with Gasteiger partial charge in [-0.15, -0.1) is 0 Å². The summed E-state index contributed by atoms with van der Waals surface area (Å²) in [6.07, 6.45) is 5.86. The van der Waals surface area contributed by atoms with Gasteiger partial charge in [0.25, 0.3) is 0 Å². The lowest BCUT2D eigenvalue weighted by Gasteiger charge is -2.49. The Kier molecular flexibility index (Phi) is 6.52. The summed E-state index contributed by atoms with van der Waals surface area (Å²) in [5.41, 5.74) is 0.162. The number of sulfonamides is 1. The second-order valence-electron chi connectivity index (χ2n) is 6.77. The summed E-state index contributed by atoms with van der Waals surface area (Å²) in [5, 5.41) is 0. The van der Waals surface area contributed by atoms with Crippen molar-refractivity contribution in [1.82, 2.24) is 4.31 Å². The highest BCUT2D eigenvalue weighted by molar-refractivity contribution is 7.89. The van der Waals surface area contributed by atoms with Crippen molar-refractivity contribution in [3.63, 3.8) is 0 Å². The van der Waals surface area contributed by atoms with Crippen LogP contribution in [0.15, 0.2) is 0 Å². The van der Waals surface area contributed by atoms with Gasteiger partial charge in [-0.25, -0.2) is 12.7 Å². The summed E-state index contributed by atoms with van der Waals surface area (Å²) in [5.74, 6) is 1.35. The topological polar surface area (TPSA) is 37.4 Å². The number of piperidine rings is 1. The molecule has 3 nitrogen and oxygen atoms in total. The number of rotatable bonds is 7. The third kappa shape index (κ3) is 3.76. The number of hydrogen-bond acceptors (Lipinski definition) is 2. The third-order valence-corrected chi connectivity index (χ3v) is 7.23. The van der Waals surface area contributed by atoms with E-state index in [2.05, 4.69) is 27.7 Å². The van der Waals surface area contributed by atoms with Crippen molar-refractivity contribution in [2.45, 2.75) is 66.7 Å². The highest BCUT2D eigenvalue weighted by atomic mass is 32.2. The van der Waals surface area contributed by atoms with Gasteiger partial charge in [0.15, 0.2) is 0 Å². The van der Waals surface area contributed by atoms with Gasteiger partial charge in [-0.1, -0.05) is 47.0 Å². The Morgan fingerprint density at radius 3 is 2.35 bits per heavy atom. The molecule has 0 bridgehead atoms. The van der Waals surface area contributed by atoms with Gasteiger partial charge >= 0.3 is 0 Å². The van der Waals surface area contributed by atoms with E-state index in [9.17, 15) is 8.42 Å². The summed E-state index contributed by atoms with van der Waals surface area (Å²) < 4.78 is 26.2. The van der Waals surface area contributed by atoms with Crippen molar-refractivity contribution in [3.05, 3.63) is 0 Å². The zero-order chi connectivity index (χ0) is 15.4. The van der Waals surface area contributed by atoms with E-state index in [1.165, 1.54) is 25.7 Å². The Hall–Kier alpha value is -0.0900. The molecule has 0 spiro atoms. The van der Waals surface area contributed by atoms with Crippen LogP contribution in [0.2, 0.25) is 0 Å². The molecule has 0 saturated carbocycles. The van der Waals surface area contributed by atoms with E-state index in [4.69, 9.17) is 0 Å². The molecule has 4 heteroatoms. The van der Waals surface area contributed by atoms with E-state index in [0.29, 0.717) is 18.4 Å². The molecule has 0 aliphatic carbocycles. The predicted molar refractivity (Wildman–Crippen MR) is 86.2 cm³/mol. The Morgan fingerprint density at radius 2 is 1.85 bits per heavy atom. The summed E-state index contributed by atoms with van der Waals surface area (Å²) in [7, 11) is -3.05. The van der Waals surface area contributed by atoms with E-state index in [1.807, 2.05) is 0 Å². The third-order valence-electron chi connectivity index (χ3n) is 5.40. The Balaban J connectivity index is 2.95. The van der Waals surface area contributed by atoms with E-state index in [1.54, 1.807) is 11.2 Å². The van der Waals surface area contributed by atoms with Crippen LogP contribution in [0.1, 0.15) is 66.7 Å². The fourth-order valence-corrected chi connectivity index (χ4v) is 4.94. The minimum Gasteiger partial charge on any atom is -0.212 e. The second kappa shape index (κ2) is 7.26. The largest absolute Gasteiger partial charge is 0.213 e. The van der Waals surface area contributed by atoms with Crippen LogP contribution in [0.4, 0.5) is 0 Å². The van der Waals surface area contributed by atoms with Gasteiger partial charge in [-0.3, -0.25) is 0 Å². The fraction of sp³-hybridized carbons (Fsp3) is 1.00. The molecule has 1 fully saturated rings. The van der Waals surface area contributed by atoms with Crippen molar-refractivity contribution in [2.24, 2.45) is 17.3 Å². The minimum atomic E-state index is -3.05. The first-order chi connectivity index (χ1) is 9.30. The van der Waals surface area contributed by atoms with Crippen molar-refractivity contribution in [3.8, 4) is 0 Å². The van der Waals surface area contributed by atoms with Gasteiger partial charge in [-0.2, -0.15) is 0 Å². The minimum absolute atomic E-state index is 0.162. The van der Waals surface area contributed by atoms with Gasteiger partial charge in [0.1, 0.15) is 0 Å². The predicted octanol–water partition coefficient (Wildman–Crippen LogP) is 3.90. The van der Waals surface area contributed by atoms with Crippen molar-refractivity contribution >= 4 is 10.0 Å². The number of hydrogen-bond donors (Lipinski definition) is 0. The van der Waals surface area contributed by atoms with Crippen LogP contribution in [0, 0.1) is 17.3 Å². The van der Waals surface area contributed by atoms with E-state index in [-0.39, 0.29) is 11.2 Å². The average molecular weight is 304 g/mol. The first-order valence-electron chi connectivity index (χ1n) is 8.28. The maximum atomic E-state index is 12.2. The van der Waals surface area contributed by atoms with Crippen LogP contribution in [0.25, 0.3) is 0 Å². The monoisotopic (exact) mass is 303 g/mol. The molecule has 1 heterocycles. The highest BCUT2D eigenvalue weighted by Gasteiger charge is 2.44. The number of nitrogens with zero attached hydrogens (tertiary/aromatic N) is 1. The summed E-state index contributed by atoms with van der Waals surface area (Å²) in [4.78, 5) is 0. The first kappa shape index (κ1) is 18.0. The summed E-state index contributed by atoms with van der Waals surface area (Å²) in [6, 6.07) is 0. The standard InChI is InChI=1S/C16H33NO2S/c1-6-8-10-15(5)16(14(3)4)11-9-12-17(13-16)20(18,19)7-2/h14-15H,6-13H2,1-5H3. The molecule has 20 heavy (non-hydrogen) atoms. The maximum Gasteiger partial charge on any atom is 0.213 e. The van der Waals surface area contributed by atoms with E-state index in [0.717, 1.165) is 13.0 Å². The van der Waals surface area contributed by atoms with Crippen LogP contribution in [0.5, 0.6) is 0 Å². The second-order valence-corrected chi connectivity index (χ2v) is 9.03. The van der Waals surface area contributed by atoms with Crippen molar-refractivity contribution < 1.29 is 8.42 Å². The normalized spacial score (nSPS) is 26.9. The van der Waals surface area contributed by atoms with E-state index < -0.39 is 10.0 Å². The lowest BCUT2D eigenvalue weighted by atomic mass is 9.63. The van der Waals surface area contributed by atoms with Crippen molar-refractivity contribution in [2.75, 3.05) is 18.8 Å². The highest BCUT2D eigenvalue weighted by Crippen LogP contribution is 2.46. The van der Waals surface area contributed by atoms with Gasteiger partial charge in [-0.05, 0) is 37.0 Å². The molecule has 1 aliphatic heterocycles. The van der Waals surface area contributed by atoms with Crippen LogP contribution >= 0.6 is 0 Å². The Bertz CT molecular complexity index is 391. The molecule has 2 atom stereocenters. The van der Waals surface area contributed by atoms with Crippen molar-refractivity contribution in [1.29, 1.82) is 0 Å². The lowest BCUT2D eigenvalue weighted by molar-refractivity contribution is 0.0268. The maximum absolute atomic E-state index is 12.2. The first-order valence-corrected chi connectivity index (χ1v) is 9.89. The van der Waals surface area contributed by atoms with Gasteiger partial charge in [0.05, 0.1) is 5.75 Å². The molecular weight excluding hydrogens is 270 g/mol. The Labute approximate surface area is 126 Å². The molecule has 0 aromatic heterocycles. The van der Waals surface area contributed by atoms with Crippen LogP contribution in [-0.4, -0.2) is 31.6 Å². The zero-order valence-corrected chi connectivity index (χ0v) is 14.8. The SMILES string of the molecule is CCCCC(C)C1(C(C)C)CCCN(S(=O)(=O)CC)C1. The van der Waals surface area contributed by atoms with Crippen LogP contribution in [-0.2, 0) is 10.0 Å². The van der Waals surface area contributed by atoms with Crippen LogP contribution in [0.3, 0.4) is 0 Å². The smallest absolute Gasteiger partial charge is 0.212 e. The Morgan fingerprint density at radius 1 is 1.20 bits per heavy atom. The lowest BCUT2D eigenvalue weighted by Crippen LogP contribution is -2.51. The molecule has 0 N–H and O–H groups in total. The molecular formula is C16H33NO2S. The van der Waals surface area contributed by atoms with Crippen LogP contribution < -0.4 is 0 Å². The molecule has 1 rings (SSSR count). The molecule has 0 radical (unpaired) electrons. The van der Waals surface area contributed by atoms with Gasteiger partial charge in [0, 0.05) is 13.1 Å². The quantitative estimate of drug-likeness (QED) is 0.715. The molecule has 0 aromatic carbocycles. The molecule has 2 unspecified atom stereocenters. The fourth-order valence-electron chi connectivity index (χ4n) is 3.73. The molecule has 0 aromatic rings. The molecule has 1 aliphatic rings. The number of unbranched alkanes of at least 4 members (excludes halogenated alkanes) is 1. The van der Waals surface area contributed by atoms with Gasteiger partial charge < -0.3 is 0 Å². The van der Waals surface area contributed by atoms with E-state index >= 15 is 0 Å². The molecule has 1 saturated heterocycles. The molecule has 120 valence electrons. The zero-order valence-electron chi connectivity index (χ0n) is 14.0. The summed E-state index contributed by atoms with van der Waals surface area (Å²) >= 11 is 0. The average Bonchev–Trinajstić information content (AvgIpc) is 2.44.